The van der Waals surface area contributed by atoms with Gasteiger partial charge in [-0.15, -0.1) is 0 Å². The van der Waals surface area contributed by atoms with Crippen molar-refractivity contribution in [1.82, 2.24) is 14.7 Å². The van der Waals surface area contributed by atoms with Crippen LogP contribution in [0.5, 0.6) is 0 Å². The Morgan fingerprint density at radius 2 is 2.03 bits per heavy atom. The number of nitrogens with one attached hydrogen (secondary N) is 1. The Kier molecular flexibility index (Phi) is 6.89. The summed E-state index contributed by atoms with van der Waals surface area (Å²) in [6.45, 7) is 8.17. The second-order valence-corrected chi connectivity index (χ2v) is 8.45. The second-order valence-electron chi connectivity index (χ2n) is 8.45. The monoisotopic (exact) mass is 414 g/mol. The zero-order valence-electron chi connectivity index (χ0n) is 18.2. The average Bonchev–Trinajstić information content (AvgIpc) is 3.21. The summed E-state index contributed by atoms with van der Waals surface area (Å²) >= 11 is 0. The molecule has 2 aromatic heterocycles. The molecule has 1 saturated carbocycles. The van der Waals surface area contributed by atoms with Gasteiger partial charge in [-0.2, -0.15) is 0 Å². The molecule has 0 radical (unpaired) electrons. The number of amides is 1. The average molecular weight is 415 g/mol. The summed E-state index contributed by atoms with van der Waals surface area (Å²) in [6.07, 6.45) is 8.55. The lowest BCUT2D eigenvalue weighted by Gasteiger charge is -2.29. The van der Waals surface area contributed by atoms with Gasteiger partial charge in [0.25, 0.3) is 5.91 Å². The van der Waals surface area contributed by atoms with E-state index >= 15 is 0 Å². The number of fused-ring (bicyclic) bond motifs is 1. The Hall–Kier alpha value is -2.12. The summed E-state index contributed by atoms with van der Waals surface area (Å²) in [4.78, 5) is 20.1. The molecule has 2 fully saturated rings. The molecule has 164 valence electrons. The van der Waals surface area contributed by atoms with E-state index in [9.17, 15) is 4.79 Å². The molecular formula is C23H34N4O3. The van der Waals surface area contributed by atoms with Crippen LogP contribution in [0.15, 0.2) is 18.3 Å². The molecule has 3 heterocycles. The fraction of sp³-hybridized carbons (Fsp3) is 0.652. The van der Waals surface area contributed by atoms with Crippen molar-refractivity contribution in [2.24, 2.45) is 0 Å². The standard InChI is InChI=1S/C23H34N4O3/c1-3-4-13-30-19-7-5-18(6-8-19)24-23(28)20-9-10-27-17(2)16-21(25-22(20)27)26-11-14-29-15-12-26/h9-10,16,18-19H,3-8,11-15H2,1-2H3,(H,24,28)/t18-,19-. The van der Waals surface area contributed by atoms with Crippen molar-refractivity contribution in [2.75, 3.05) is 37.8 Å². The normalized spacial score (nSPS) is 22.4. The number of aromatic nitrogens is 2. The molecule has 2 aromatic rings. The lowest BCUT2D eigenvalue weighted by molar-refractivity contribution is 0.0209. The van der Waals surface area contributed by atoms with Gasteiger partial charge in [0.1, 0.15) is 5.82 Å². The second kappa shape index (κ2) is 9.79. The first-order valence-corrected chi connectivity index (χ1v) is 11.4. The van der Waals surface area contributed by atoms with Gasteiger partial charge in [-0.3, -0.25) is 4.79 Å². The molecule has 1 aliphatic carbocycles. The SMILES string of the molecule is CCCCO[C@H]1CC[C@H](NC(=O)c2ccn3c(C)cc(N4CCOCC4)nc23)CC1. The third kappa shape index (κ3) is 4.78. The number of unbranched alkanes of at least 4 members (excludes halogenated alkanes) is 1. The van der Waals surface area contributed by atoms with E-state index in [-0.39, 0.29) is 11.9 Å². The first-order chi connectivity index (χ1) is 14.7. The largest absolute Gasteiger partial charge is 0.378 e. The van der Waals surface area contributed by atoms with Crippen molar-refractivity contribution < 1.29 is 14.3 Å². The van der Waals surface area contributed by atoms with Crippen LogP contribution >= 0.6 is 0 Å². The van der Waals surface area contributed by atoms with Gasteiger partial charge in [-0.25, -0.2) is 4.98 Å². The molecule has 0 atom stereocenters. The van der Waals surface area contributed by atoms with Crippen LogP contribution in [-0.2, 0) is 9.47 Å². The van der Waals surface area contributed by atoms with Crippen LogP contribution in [0, 0.1) is 6.92 Å². The van der Waals surface area contributed by atoms with E-state index in [1.165, 1.54) is 0 Å². The third-order valence-electron chi connectivity index (χ3n) is 6.24. The minimum atomic E-state index is -0.0288. The van der Waals surface area contributed by atoms with Crippen LogP contribution in [0.1, 0.15) is 61.5 Å². The van der Waals surface area contributed by atoms with Crippen molar-refractivity contribution in [1.29, 1.82) is 0 Å². The van der Waals surface area contributed by atoms with Crippen molar-refractivity contribution in [2.45, 2.75) is 64.5 Å². The van der Waals surface area contributed by atoms with E-state index in [1.54, 1.807) is 0 Å². The number of hydrogen-bond donors (Lipinski definition) is 1. The third-order valence-corrected chi connectivity index (χ3v) is 6.24. The van der Waals surface area contributed by atoms with E-state index in [0.29, 0.717) is 24.9 Å². The molecule has 2 aliphatic rings. The van der Waals surface area contributed by atoms with Gasteiger partial charge in [-0.05, 0) is 45.1 Å². The Bertz CT molecular complexity index is 851. The Labute approximate surface area is 178 Å². The van der Waals surface area contributed by atoms with Gasteiger partial charge in [0.15, 0.2) is 5.65 Å². The van der Waals surface area contributed by atoms with Crippen molar-refractivity contribution in [3.05, 3.63) is 29.6 Å². The minimum absolute atomic E-state index is 0.0288. The fourth-order valence-corrected chi connectivity index (χ4v) is 4.38. The number of ether oxygens (including phenoxy) is 2. The fourth-order valence-electron chi connectivity index (χ4n) is 4.38. The van der Waals surface area contributed by atoms with Crippen LogP contribution < -0.4 is 10.2 Å². The van der Waals surface area contributed by atoms with Gasteiger partial charge in [0.2, 0.25) is 0 Å². The maximum Gasteiger partial charge on any atom is 0.255 e. The Morgan fingerprint density at radius 1 is 1.27 bits per heavy atom. The Morgan fingerprint density at radius 3 is 2.77 bits per heavy atom. The summed E-state index contributed by atoms with van der Waals surface area (Å²) in [7, 11) is 0. The first kappa shape index (κ1) is 21.1. The maximum atomic E-state index is 13.0. The number of rotatable bonds is 7. The summed E-state index contributed by atoms with van der Waals surface area (Å²) in [5.41, 5.74) is 2.45. The van der Waals surface area contributed by atoms with Crippen molar-refractivity contribution >= 4 is 17.4 Å². The molecule has 0 spiro atoms. The molecule has 1 aliphatic heterocycles. The number of carbonyl (C=O) groups excluding carboxylic acids is 1. The molecule has 1 amide bonds. The van der Waals surface area contributed by atoms with E-state index in [2.05, 4.69) is 30.1 Å². The van der Waals surface area contributed by atoms with Crippen LogP contribution in [0.4, 0.5) is 5.82 Å². The number of carbonyl (C=O) groups is 1. The van der Waals surface area contributed by atoms with Gasteiger partial charge < -0.3 is 24.1 Å². The number of anilines is 1. The van der Waals surface area contributed by atoms with Crippen molar-refractivity contribution in [3.8, 4) is 0 Å². The molecule has 0 bridgehead atoms. The molecule has 4 rings (SSSR count). The molecular weight excluding hydrogens is 380 g/mol. The highest BCUT2D eigenvalue weighted by atomic mass is 16.5. The molecule has 0 aromatic carbocycles. The van der Waals surface area contributed by atoms with Crippen LogP contribution in [0.25, 0.3) is 5.65 Å². The van der Waals surface area contributed by atoms with Gasteiger partial charge in [-0.1, -0.05) is 13.3 Å². The smallest absolute Gasteiger partial charge is 0.255 e. The Balaban J connectivity index is 1.41. The summed E-state index contributed by atoms with van der Waals surface area (Å²) in [5.74, 6) is 0.889. The zero-order valence-corrected chi connectivity index (χ0v) is 18.2. The maximum absolute atomic E-state index is 13.0. The van der Waals surface area contributed by atoms with E-state index < -0.39 is 0 Å². The molecule has 7 nitrogen and oxygen atoms in total. The number of morpholine rings is 1. The van der Waals surface area contributed by atoms with Crippen LogP contribution in [0.2, 0.25) is 0 Å². The summed E-state index contributed by atoms with van der Waals surface area (Å²) in [6, 6.07) is 4.18. The quantitative estimate of drug-likeness (QED) is 0.704. The van der Waals surface area contributed by atoms with Crippen LogP contribution in [0.3, 0.4) is 0 Å². The lowest BCUT2D eigenvalue weighted by atomic mass is 9.92. The van der Waals surface area contributed by atoms with E-state index in [0.717, 1.165) is 75.4 Å². The predicted molar refractivity (Wildman–Crippen MR) is 117 cm³/mol. The van der Waals surface area contributed by atoms with Gasteiger partial charge in [0, 0.05) is 43.7 Å². The molecule has 1 saturated heterocycles. The number of hydrogen-bond acceptors (Lipinski definition) is 5. The molecule has 1 N–H and O–H groups in total. The number of nitrogens with zero attached hydrogens (tertiary/aromatic N) is 3. The topological polar surface area (TPSA) is 68.1 Å². The van der Waals surface area contributed by atoms with E-state index in [4.69, 9.17) is 14.5 Å². The lowest BCUT2D eigenvalue weighted by Crippen LogP contribution is -2.39. The molecule has 7 heteroatoms. The minimum Gasteiger partial charge on any atom is -0.378 e. The van der Waals surface area contributed by atoms with E-state index in [1.807, 2.05) is 16.7 Å². The molecule has 0 unspecified atom stereocenters. The molecule has 30 heavy (non-hydrogen) atoms. The summed E-state index contributed by atoms with van der Waals surface area (Å²) < 4.78 is 13.4. The summed E-state index contributed by atoms with van der Waals surface area (Å²) in [5, 5.41) is 3.24. The number of aryl methyl sites for hydroxylation is 1. The first-order valence-electron chi connectivity index (χ1n) is 11.4. The van der Waals surface area contributed by atoms with Crippen LogP contribution in [-0.4, -0.2) is 60.3 Å². The predicted octanol–water partition coefficient (Wildman–Crippen LogP) is 3.34. The van der Waals surface area contributed by atoms with Gasteiger partial charge in [0.05, 0.1) is 24.9 Å². The van der Waals surface area contributed by atoms with Crippen molar-refractivity contribution in [3.63, 3.8) is 0 Å². The zero-order chi connectivity index (χ0) is 20.9. The highest BCUT2D eigenvalue weighted by Crippen LogP contribution is 2.24. The highest BCUT2D eigenvalue weighted by molar-refractivity contribution is 6.00. The highest BCUT2D eigenvalue weighted by Gasteiger charge is 2.25. The van der Waals surface area contributed by atoms with Gasteiger partial charge >= 0.3 is 0 Å².